The molecule has 0 spiro atoms. The Balaban J connectivity index is 2.14. The van der Waals surface area contributed by atoms with Crippen LogP contribution in [0, 0.1) is 17.8 Å². The lowest BCUT2D eigenvalue weighted by Crippen LogP contribution is -2.15. The predicted molar refractivity (Wildman–Crippen MR) is 43.7 cm³/mol. The molecule has 2 bridgehead atoms. The van der Waals surface area contributed by atoms with E-state index < -0.39 is 0 Å². The number of nitrogens with zero attached hydrogens (tertiary/aromatic N) is 1. The lowest BCUT2D eigenvalue weighted by molar-refractivity contribution is 0.312. The highest BCUT2D eigenvalue weighted by Gasteiger charge is 2.37. The van der Waals surface area contributed by atoms with Crippen molar-refractivity contribution in [1.29, 1.82) is 0 Å². The second kappa shape index (κ2) is 2.36. The van der Waals surface area contributed by atoms with Crippen LogP contribution in [-0.2, 0) is 0 Å². The van der Waals surface area contributed by atoms with Gasteiger partial charge in [-0.3, -0.25) is 0 Å². The zero-order valence-electron chi connectivity index (χ0n) is 6.70. The summed E-state index contributed by atoms with van der Waals surface area (Å²) in [5.74, 6) is 1.95. The molecule has 2 rings (SSSR count). The number of oxime groups is 1. The molecule has 0 saturated heterocycles. The third kappa shape index (κ3) is 0.971. The summed E-state index contributed by atoms with van der Waals surface area (Å²) in [6.07, 6.45) is 7.04. The molecule has 1 N–H and O–H groups in total. The van der Waals surface area contributed by atoms with Crippen LogP contribution in [0.1, 0.15) is 19.8 Å². The fourth-order valence-electron chi connectivity index (χ4n) is 2.34. The first kappa shape index (κ1) is 6.89. The quantitative estimate of drug-likeness (QED) is 0.264. The lowest BCUT2D eigenvalue weighted by Gasteiger charge is -2.15. The van der Waals surface area contributed by atoms with Crippen molar-refractivity contribution in [2.45, 2.75) is 19.8 Å². The molecular weight excluding hydrogens is 138 g/mol. The van der Waals surface area contributed by atoms with Crippen LogP contribution in [0.5, 0.6) is 0 Å². The van der Waals surface area contributed by atoms with E-state index in [1.807, 2.05) is 6.92 Å². The molecular formula is C9H13NO. The molecule has 3 atom stereocenters. The lowest BCUT2D eigenvalue weighted by atomic mass is 9.90. The molecule has 2 aliphatic carbocycles. The van der Waals surface area contributed by atoms with Crippen molar-refractivity contribution in [2.75, 3.05) is 0 Å². The van der Waals surface area contributed by atoms with Crippen molar-refractivity contribution in [3.05, 3.63) is 12.2 Å². The highest BCUT2D eigenvalue weighted by atomic mass is 16.4. The molecule has 1 saturated carbocycles. The fourth-order valence-corrected chi connectivity index (χ4v) is 2.34. The molecule has 2 aliphatic rings. The van der Waals surface area contributed by atoms with Crippen LogP contribution in [0.25, 0.3) is 0 Å². The Morgan fingerprint density at radius 3 is 2.73 bits per heavy atom. The summed E-state index contributed by atoms with van der Waals surface area (Å²) in [5, 5.41) is 11.9. The Morgan fingerprint density at radius 1 is 1.45 bits per heavy atom. The van der Waals surface area contributed by atoms with Crippen molar-refractivity contribution >= 4 is 5.71 Å². The normalized spacial score (nSPS) is 41.9. The van der Waals surface area contributed by atoms with E-state index in [0.717, 1.165) is 11.6 Å². The molecule has 60 valence electrons. The maximum absolute atomic E-state index is 8.59. The van der Waals surface area contributed by atoms with Crippen LogP contribution in [-0.4, -0.2) is 10.9 Å². The van der Waals surface area contributed by atoms with Crippen LogP contribution < -0.4 is 0 Å². The number of allylic oxidation sites excluding steroid dienone is 2. The Hall–Kier alpha value is -0.790. The summed E-state index contributed by atoms with van der Waals surface area (Å²) < 4.78 is 0. The summed E-state index contributed by atoms with van der Waals surface area (Å²) >= 11 is 0. The number of fused-ring (bicyclic) bond motifs is 2. The third-order valence-electron chi connectivity index (χ3n) is 2.97. The largest absolute Gasteiger partial charge is 0.411 e. The second-order valence-corrected chi connectivity index (χ2v) is 3.63. The molecule has 0 unspecified atom stereocenters. The summed E-state index contributed by atoms with van der Waals surface area (Å²) in [7, 11) is 0. The zero-order chi connectivity index (χ0) is 7.84. The standard InChI is InChI=1S/C9H13NO/c1-6(10-11)9-5-7-2-3-8(9)4-7/h2-3,7-9,11H,4-5H2,1H3/b10-6+/t7-,8-,9-/m0/s1. The van der Waals surface area contributed by atoms with Crippen LogP contribution in [0.4, 0.5) is 0 Å². The van der Waals surface area contributed by atoms with Gasteiger partial charge in [-0.1, -0.05) is 17.3 Å². The van der Waals surface area contributed by atoms with E-state index in [4.69, 9.17) is 5.21 Å². The number of rotatable bonds is 1. The van der Waals surface area contributed by atoms with Gasteiger partial charge in [0.25, 0.3) is 0 Å². The summed E-state index contributed by atoms with van der Waals surface area (Å²) in [5.41, 5.74) is 0.904. The van der Waals surface area contributed by atoms with Crippen LogP contribution in [0.2, 0.25) is 0 Å². The molecule has 0 heterocycles. The van der Waals surface area contributed by atoms with Gasteiger partial charge in [-0.15, -0.1) is 0 Å². The van der Waals surface area contributed by atoms with Crippen molar-refractivity contribution in [3.63, 3.8) is 0 Å². The summed E-state index contributed by atoms with van der Waals surface area (Å²) in [6, 6.07) is 0. The predicted octanol–water partition coefficient (Wildman–Crippen LogP) is 2.05. The van der Waals surface area contributed by atoms with Crippen molar-refractivity contribution < 1.29 is 5.21 Å². The Bertz CT molecular complexity index is 220. The van der Waals surface area contributed by atoms with Crippen LogP contribution in [0.3, 0.4) is 0 Å². The molecule has 0 radical (unpaired) electrons. The van der Waals surface area contributed by atoms with E-state index in [0.29, 0.717) is 11.8 Å². The van der Waals surface area contributed by atoms with E-state index in [1.165, 1.54) is 12.8 Å². The third-order valence-corrected chi connectivity index (χ3v) is 2.97. The van der Waals surface area contributed by atoms with Gasteiger partial charge in [0.15, 0.2) is 0 Å². The monoisotopic (exact) mass is 151 g/mol. The van der Waals surface area contributed by atoms with E-state index in [2.05, 4.69) is 17.3 Å². The van der Waals surface area contributed by atoms with Gasteiger partial charge < -0.3 is 5.21 Å². The average Bonchev–Trinajstić information content (AvgIpc) is 2.62. The second-order valence-electron chi connectivity index (χ2n) is 3.63. The van der Waals surface area contributed by atoms with Gasteiger partial charge in [0.2, 0.25) is 0 Å². The van der Waals surface area contributed by atoms with Gasteiger partial charge in [-0.25, -0.2) is 0 Å². The highest BCUT2D eigenvalue weighted by Crippen LogP contribution is 2.43. The van der Waals surface area contributed by atoms with Gasteiger partial charge in [-0.05, 0) is 31.6 Å². The van der Waals surface area contributed by atoms with Crippen molar-refractivity contribution in [1.82, 2.24) is 0 Å². The minimum atomic E-state index is 0.523. The van der Waals surface area contributed by atoms with Crippen LogP contribution in [0.15, 0.2) is 17.3 Å². The Labute approximate surface area is 66.6 Å². The molecule has 0 aromatic carbocycles. The fraction of sp³-hybridized carbons (Fsp3) is 0.667. The molecule has 0 amide bonds. The Morgan fingerprint density at radius 2 is 2.27 bits per heavy atom. The van der Waals surface area contributed by atoms with E-state index >= 15 is 0 Å². The maximum Gasteiger partial charge on any atom is 0.0576 e. The molecule has 2 nitrogen and oxygen atoms in total. The minimum Gasteiger partial charge on any atom is -0.411 e. The first-order chi connectivity index (χ1) is 5.31. The van der Waals surface area contributed by atoms with Crippen LogP contribution >= 0.6 is 0 Å². The topological polar surface area (TPSA) is 32.6 Å². The molecule has 0 aromatic heterocycles. The van der Waals surface area contributed by atoms with Gasteiger partial charge >= 0.3 is 0 Å². The molecule has 1 fully saturated rings. The maximum atomic E-state index is 8.59. The molecule has 2 heteroatoms. The van der Waals surface area contributed by atoms with E-state index in [-0.39, 0.29) is 0 Å². The zero-order valence-corrected chi connectivity index (χ0v) is 6.70. The van der Waals surface area contributed by atoms with Crippen molar-refractivity contribution in [3.8, 4) is 0 Å². The van der Waals surface area contributed by atoms with E-state index in [9.17, 15) is 0 Å². The smallest absolute Gasteiger partial charge is 0.0576 e. The first-order valence-electron chi connectivity index (χ1n) is 4.18. The number of hydrogen-bond donors (Lipinski definition) is 1. The summed E-state index contributed by atoms with van der Waals surface area (Å²) in [6.45, 7) is 1.92. The Kier molecular flexibility index (Phi) is 1.48. The van der Waals surface area contributed by atoms with E-state index in [1.54, 1.807) is 0 Å². The van der Waals surface area contributed by atoms with Crippen molar-refractivity contribution in [2.24, 2.45) is 22.9 Å². The molecule has 11 heavy (non-hydrogen) atoms. The SMILES string of the molecule is C/C(=N\O)[C@@H]1C[C@H]2C=C[C@H]1C2. The first-order valence-corrected chi connectivity index (χ1v) is 4.18. The molecule has 0 aromatic rings. The summed E-state index contributed by atoms with van der Waals surface area (Å²) in [4.78, 5) is 0. The van der Waals surface area contributed by atoms with Gasteiger partial charge in [0, 0.05) is 5.92 Å². The van der Waals surface area contributed by atoms with Gasteiger partial charge in [-0.2, -0.15) is 0 Å². The van der Waals surface area contributed by atoms with Gasteiger partial charge in [0.05, 0.1) is 5.71 Å². The highest BCUT2D eigenvalue weighted by molar-refractivity contribution is 5.84. The average molecular weight is 151 g/mol. The minimum absolute atomic E-state index is 0.523. The molecule has 0 aliphatic heterocycles. The number of hydrogen-bond acceptors (Lipinski definition) is 2. The van der Waals surface area contributed by atoms with Gasteiger partial charge in [0.1, 0.15) is 0 Å².